The third-order valence-corrected chi connectivity index (χ3v) is 7.77. The van der Waals surface area contributed by atoms with E-state index in [9.17, 15) is 9.59 Å². The van der Waals surface area contributed by atoms with Crippen molar-refractivity contribution in [2.45, 2.75) is 89.4 Å². The molecule has 1 saturated carbocycles. The predicted molar refractivity (Wildman–Crippen MR) is 116 cm³/mol. The van der Waals surface area contributed by atoms with Crippen molar-refractivity contribution in [2.24, 2.45) is 5.92 Å². The van der Waals surface area contributed by atoms with E-state index in [4.69, 9.17) is 4.74 Å². The number of likely N-dealkylation sites (tertiary alicyclic amines) is 2. The molecule has 2 atom stereocenters. The van der Waals surface area contributed by atoms with Crippen LogP contribution in [0.25, 0.3) is 0 Å². The molecule has 2 amide bonds. The van der Waals surface area contributed by atoms with Gasteiger partial charge in [0.2, 0.25) is 5.91 Å². The molecule has 0 aromatic rings. The Morgan fingerprint density at radius 1 is 0.933 bits per heavy atom. The Hall–Kier alpha value is -1.34. The van der Waals surface area contributed by atoms with Crippen molar-refractivity contribution in [1.82, 2.24) is 19.6 Å². The van der Waals surface area contributed by atoms with Crippen molar-refractivity contribution in [3.8, 4) is 0 Å². The number of piperidine rings is 2. The number of hydrogen-bond donors (Lipinski definition) is 0. The summed E-state index contributed by atoms with van der Waals surface area (Å²) in [5.41, 5.74) is 0. The molecule has 4 aliphatic rings. The fraction of sp³-hybridized carbons (Fsp3) is 0.913. The van der Waals surface area contributed by atoms with Crippen molar-refractivity contribution in [2.75, 3.05) is 39.9 Å². The normalized spacial score (nSPS) is 30.6. The second kappa shape index (κ2) is 9.43. The summed E-state index contributed by atoms with van der Waals surface area (Å²) >= 11 is 0. The van der Waals surface area contributed by atoms with Crippen LogP contribution in [0.4, 0.5) is 4.79 Å². The van der Waals surface area contributed by atoms with Gasteiger partial charge in [-0.3, -0.25) is 9.69 Å². The number of carbonyl (C=O) groups is 2. The van der Waals surface area contributed by atoms with Gasteiger partial charge in [-0.1, -0.05) is 12.8 Å². The standard InChI is InChI=1S/C23H40N4O3/c1-17(2)30-23(29)26-14-8-18(9-15-26)25-12-10-19(11-13-25)27-16-24(3)22(28)20-6-4-5-7-21(20)27/h17-21H,4-16H2,1-3H3/t20-,21+/m1/s1. The molecule has 7 nitrogen and oxygen atoms in total. The smallest absolute Gasteiger partial charge is 0.410 e. The number of nitrogens with zero attached hydrogens (tertiary/aromatic N) is 4. The van der Waals surface area contributed by atoms with Crippen LogP contribution in [0.5, 0.6) is 0 Å². The maximum atomic E-state index is 12.6. The first-order chi connectivity index (χ1) is 14.4. The zero-order chi connectivity index (χ0) is 21.3. The van der Waals surface area contributed by atoms with Crippen molar-refractivity contribution in [1.29, 1.82) is 0 Å². The lowest BCUT2D eigenvalue weighted by molar-refractivity contribution is -0.152. The number of hydrogen-bond acceptors (Lipinski definition) is 5. The maximum absolute atomic E-state index is 12.6. The Kier molecular flexibility index (Phi) is 6.88. The molecule has 0 spiro atoms. The van der Waals surface area contributed by atoms with Crippen LogP contribution < -0.4 is 0 Å². The molecule has 0 radical (unpaired) electrons. The van der Waals surface area contributed by atoms with Gasteiger partial charge in [-0.2, -0.15) is 0 Å². The largest absolute Gasteiger partial charge is 0.447 e. The molecule has 0 bridgehead atoms. The number of ether oxygens (including phenoxy) is 1. The summed E-state index contributed by atoms with van der Waals surface area (Å²) in [6, 6.07) is 1.65. The molecule has 0 N–H and O–H groups in total. The Balaban J connectivity index is 1.27. The van der Waals surface area contributed by atoms with Gasteiger partial charge in [-0.05, 0) is 65.5 Å². The summed E-state index contributed by atoms with van der Waals surface area (Å²) in [4.78, 5) is 33.9. The molecule has 3 heterocycles. The average molecular weight is 421 g/mol. The van der Waals surface area contributed by atoms with Crippen LogP contribution in [-0.4, -0.2) is 95.7 Å². The van der Waals surface area contributed by atoms with Crippen LogP contribution in [0.1, 0.15) is 65.2 Å². The average Bonchev–Trinajstić information content (AvgIpc) is 2.76. The molecule has 0 unspecified atom stereocenters. The molecule has 4 rings (SSSR count). The summed E-state index contributed by atoms with van der Waals surface area (Å²) in [7, 11) is 1.98. The number of fused-ring (bicyclic) bond motifs is 1. The van der Waals surface area contributed by atoms with Crippen molar-refractivity contribution in [3.63, 3.8) is 0 Å². The molecular formula is C23H40N4O3. The van der Waals surface area contributed by atoms with Gasteiger partial charge in [-0.25, -0.2) is 4.79 Å². The van der Waals surface area contributed by atoms with E-state index in [1.807, 2.05) is 30.7 Å². The van der Waals surface area contributed by atoms with Crippen LogP contribution in [0.15, 0.2) is 0 Å². The molecule has 0 aromatic carbocycles. The van der Waals surface area contributed by atoms with Crippen LogP contribution in [0.3, 0.4) is 0 Å². The van der Waals surface area contributed by atoms with Gasteiger partial charge in [0.25, 0.3) is 0 Å². The fourth-order valence-corrected chi connectivity index (χ4v) is 6.16. The van der Waals surface area contributed by atoms with E-state index in [1.54, 1.807) is 0 Å². The van der Waals surface area contributed by atoms with Crippen LogP contribution >= 0.6 is 0 Å². The van der Waals surface area contributed by atoms with E-state index in [-0.39, 0.29) is 18.1 Å². The quantitative estimate of drug-likeness (QED) is 0.703. The summed E-state index contributed by atoms with van der Waals surface area (Å²) in [6.07, 6.45) is 9.00. The summed E-state index contributed by atoms with van der Waals surface area (Å²) in [6.45, 7) is 8.49. The second-order valence-corrected chi connectivity index (χ2v) is 10.1. The summed E-state index contributed by atoms with van der Waals surface area (Å²) < 4.78 is 5.35. The minimum absolute atomic E-state index is 0.0536. The van der Waals surface area contributed by atoms with Gasteiger partial charge in [0.15, 0.2) is 0 Å². The molecule has 3 aliphatic heterocycles. The predicted octanol–water partition coefficient (Wildman–Crippen LogP) is 2.75. The van der Waals surface area contributed by atoms with Gasteiger partial charge in [-0.15, -0.1) is 0 Å². The van der Waals surface area contributed by atoms with E-state index < -0.39 is 0 Å². The van der Waals surface area contributed by atoms with E-state index >= 15 is 0 Å². The Morgan fingerprint density at radius 3 is 2.23 bits per heavy atom. The van der Waals surface area contributed by atoms with Gasteiger partial charge < -0.3 is 19.4 Å². The number of rotatable bonds is 3. The first kappa shape index (κ1) is 21.9. The summed E-state index contributed by atoms with van der Waals surface area (Å²) in [5, 5.41) is 0. The minimum atomic E-state index is -0.159. The lowest BCUT2D eigenvalue weighted by Gasteiger charge is -2.52. The van der Waals surface area contributed by atoms with Gasteiger partial charge in [0.1, 0.15) is 0 Å². The Bertz CT molecular complexity index is 612. The van der Waals surface area contributed by atoms with Crippen molar-refractivity contribution < 1.29 is 14.3 Å². The number of carbonyl (C=O) groups excluding carboxylic acids is 2. The van der Waals surface area contributed by atoms with Crippen LogP contribution in [0.2, 0.25) is 0 Å². The van der Waals surface area contributed by atoms with Crippen molar-refractivity contribution >= 4 is 12.0 Å². The molecule has 4 fully saturated rings. The highest BCUT2D eigenvalue weighted by Crippen LogP contribution is 2.36. The second-order valence-electron chi connectivity index (χ2n) is 10.1. The molecule has 3 saturated heterocycles. The minimum Gasteiger partial charge on any atom is -0.447 e. The number of amides is 2. The molecule has 1 aliphatic carbocycles. The topological polar surface area (TPSA) is 56.3 Å². The van der Waals surface area contributed by atoms with E-state index in [2.05, 4.69) is 9.80 Å². The lowest BCUT2D eigenvalue weighted by atomic mass is 9.80. The van der Waals surface area contributed by atoms with Gasteiger partial charge >= 0.3 is 6.09 Å². The van der Waals surface area contributed by atoms with E-state index in [1.165, 1.54) is 32.1 Å². The third-order valence-electron chi connectivity index (χ3n) is 7.77. The molecule has 30 heavy (non-hydrogen) atoms. The monoisotopic (exact) mass is 420 g/mol. The zero-order valence-electron chi connectivity index (χ0n) is 19.1. The third kappa shape index (κ3) is 4.62. The maximum Gasteiger partial charge on any atom is 0.410 e. The molecule has 170 valence electrons. The molecule has 7 heteroatoms. The Morgan fingerprint density at radius 2 is 1.57 bits per heavy atom. The zero-order valence-corrected chi connectivity index (χ0v) is 19.1. The first-order valence-corrected chi connectivity index (χ1v) is 12.1. The highest BCUT2D eigenvalue weighted by atomic mass is 16.6. The fourth-order valence-electron chi connectivity index (χ4n) is 6.16. The Labute approximate surface area is 181 Å². The van der Waals surface area contributed by atoms with Crippen LogP contribution in [0, 0.1) is 5.92 Å². The summed E-state index contributed by atoms with van der Waals surface area (Å²) in [5.74, 6) is 0.599. The lowest BCUT2D eigenvalue weighted by Crippen LogP contribution is -2.62. The van der Waals surface area contributed by atoms with Gasteiger partial charge in [0, 0.05) is 38.3 Å². The SMILES string of the molecule is CC(C)OC(=O)N1CCC(N2CCC(N3CN(C)C(=O)[C@@H]4CCCC[C@@H]43)CC2)CC1. The molecular weight excluding hydrogens is 380 g/mol. The molecule has 0 aromatic heterocycles. The first-order valence-electron chi connectivity index (χ1n) is 12.1. The van der Waals surface area contributed by atoms with Crippen LogP contribution in [-0.2, 0) is 9.53 Å². The highest BCUT2D eigenvalue weighted by Gasteiger charge is 2.44. The van der Waals surface area contributed by atoms with Gasteiger partial charge in [0.05, 0.1) is 18.7 Å². The highest BCUT2D eigenvalue weighted by molar-refractivity contribution is 5.80. The van der Waals surface area contributed by atoms with E-state index in [0.29, 0.717) is 24.0 Å². The van der Waals surface area contributed by atoms with E-state index in [0.717, 1.165) is 52.1 Å². The van der Waals surface area contributed by atoms with Crippen molar-refractivity contribution in [3.05, 3.63) is 0 Å².